The lowest BCUT2D eigenvalue weighted by Gasteiger charge is -2.31. The summed E-state index contributed by atoms with van der Waals surface area (Å²) in [5.41, 5.74) is 0. The first-order chi connectivity index (χ1) is 26.1. The van der Waals surface area contributed by atoms with E-state index in [9.17, 15) is 19.5 Å². The van der Waals surface area contributed by atoms with Crippen LogP contribution in [0.15, 0.2) is 72.9 Å². The van der Waals surface area contributed by atoms with Crippen LogP contribution in [0.1, 0.15) is 149 Å². The fourth-order valence-corrected chi connectivity index (χ4v) is 5.57. The summed E-state index contributed by atoms with van der Waals surface area (Å²) in [6.45, 7) is 4.51. The highest BCUT2D eigenvalue weighted by Gasteiger charge is 2.31. The van der Waals surface area contributed by atoms with Gasteiger partial charge in [-0.1, -0.05) is 125 Å². The Morgan fingerprint density at radius 1 is 0.574 bits per heavy atom. The summed E-state index contributed by atoms with van der Waals surface area (Å²) in [5.74, 6) is -1.53. The number of quaternary nitrogens is 1. The summed E-state index contributed by atoms with van der Waals surface area (Å²) in [6, 6.07) is -0.624. The molecule has 1 N–H and O–H groups in total. The minimum atomic E-state index is -0.886. The molecule has 0 fully saturated rings. The van der Waals surface area contributed by atoms with Gasteiger partial charge >= 0.3 is 17.9 Å². The van der Waals surface area contributed by atoms with Gasteiger partial charge < -0.3 is 23.8 Å². The van der Waals surface area contributed by atoms with Gasteiger partial charge in [-0.15, -0.1) is 0 Å². The molecule has 0 bridgehead atoms. The molecule has 0 aromatic heterocycles. The molecule has 0 aliphatic carbocycles. The van der Waals surface area contributed by atoms with Crippen LogP contribution in [0.25, 0.3) is 0 Å². The summed E-state index contributed by atoms with van der Waals surface area (Å²) >= 11 is 0. The van der Waals surface area contributed by atoms with E-state index in [0.29, 0.717) is 12.8 Å². The predicted octanol–water partition coefficient (Wildman–Crippen LogP) is 11.2. The molecule has 0 saturated heterocycles. The zero-order valence-electron chi connectivity index (χ0n) is 34.9. The first-order valence-electron chi connectivity index (χ1n) is 21.0. The van der Waals surface area contributed by atoms with Crippen molar-refractivity contribution in [1.29, 1.82) is 0 Å². The highest BCUT2D eigenvalue weighted by atomic mass is 16.6. The second-order valence-electron chi connectivity index (χ2n) is 14.9. The van der Waals surface area contributed by atoms with Crippen LogP contribution in [0, 0.1) is 0 Å². The maximum Gasteiger partial charge on any atom is 0.362 e. The van der Waals surface area contributed by atoms with E-state index in [-0.39, 0.29) is 42.7 Å². The van der Waals surface area contributed by atoms with Gasteiger partial charge in [0.25, 0.3) is 0 Å². The Morgan fingerprint density at radius 3 is 1.57 bits per heavy atom. The van der Waals surface area contributed by atoms with Crippen LogP contribution in [0.5, 0.6) is 0 Å². The Bertz CT molecular complexity index is 1110. The van der Waals surface area contributed by atoms with E-state index in [1.807, 2.05) is 21.1 Å². The number of likely N-dealkylation sites (N-methyl/N-ethyl adjacent to an activating group) is 1. The zero-order chi connectivity index (χ0) is 40.0. The van der Waals surface area contributed by atoms with Crippen LogP contribution in [-0.2, 0) is 28.6 Å². The standard InChI is InChI=1S/C46H77NO7/c1-6-8-10-12-14-16-18-19-20-21-22-23-24-25-27-29-31-33-35-37-45(49)54-42(40-52-39-38-43(46(50)51)47(3,4)5)41-53-44(48)36-34-32-30-28-26-17-15-13-11-9-7-2/h8,10,13-16,19-20,22-23,25,27,42-43H,6-7,9,11-12,17-18,21,24,26,28-41H2,1-5H3/p+1/b10-8+,15-13+,16-14+,20-19+,23-22+,27-25+. The van der Waals surface area contributed by atoms with Crippen LogP contribution < -0.4 is 0 Å². The SMILES string of the molecule is CC/C=C/C/C=C/C/C=C/C/C=C/C/C=C/CCCCCC(=O)OC(COCCC(C(=O)O)[N+](C)(C)C)COC(=O)CCCCCCC/C=C/CCCC. The van der Waals surface area contributed by atoms with Crippen LogP contribution in [0.3, 0.4) is 0 Å². The quantitative estimate of drug-likeness (QED) is 0.0294. The zero-order valence-corrected chi connectivity index (χ0v) is 34.9. The number of hydrogen-bond acceptors (Lipinski definition) is 6. The molecule has 308 valence electrons. The average Bonchev–Trinajstić information content (AvgIpc) is 3.12. The monoisotopic (exact) mass is 757 g/mol. The number of allylic oxidation sites excluding steroid dienone is 12. The van der Waals surface area contributed by atoms with E-state index in [1.165, 1.54) is 25.7 Å². The van der Waals surface area contributed by atoms with Gasteiger partial charge in [-0.3, -0.25) is 9.59 Å². The third-order valence-electron chi connectivity index (χ3n) is 8.84. The Morgan fingerprint density at radius 2 is 1.04 bits per heavy atom. The van der Waals surface area contributed by atoms with Crippen LogP contribution in [0.2, 0.25) is 0 Å². The maximum atomic E-state index is 12.7. The predicted molar refractivity (Wildman–Crippen MR) is 224 cm³/mol. The topological polar surface area (TPSA) is 99.1 Å². The Balaban J connectivity index is 4.45. The van der Waals surface area contributed by atoms with Crippen molar-refractivity contribution < 1.29 is 38.2 Å². The lowest BCUT2D eigenvalue weighted by Crippen LogP contribution is -2.50. The van der Waals surface area contributed by atoms with Gasteiger partial charge in [-0.25, -0.2) is 4.79 Å². The number of esters is 2. The van der Waals surface area contributed by atoms with E-state index < -0.39 is 18.1 Å². The number of rotatable bonds is 36. The number of nitrogens with zero attached hydrogens (tertiary/aromatic N) is 1. The Labute approximate surface area is 330 Å². The van der Waals surface area contributed by atoms with Crippen LogP contribution in [-0.4, -0.2) is 80.6 Å². The van der Waals surface area contributed by atoms with E-state index >= 15 is 0 Å². The summed E-state index contributed by atoms with van der Waals surface area (Å²) in [4.78, 5) is 36.9. The fourth-order valence-electron chi connectivity index (χ4n) is 5.57. The van der Waals surface area contributed by atoms with E-state index in [4.69, 9.17) is 14.2 Å². The highest BCUT2D eigenvalue weighted by Crippen LogP contribution is 2.12. The van der Waals surface area contributed by atoms with Gasteiger partial charge in [0, 0.05) is 19.3 Å². The van der Waals surface area contributed by atoms with Gasteiger partial charge in [0.2, 0.25) is 0 Å². The molecule has 8 nitrogen and oxygen atoms in total. The molecule has 0 amide bonds. The molecule has 0 spiro atoms. The third-order valence-corrected chi connectivity index (χ3v) is 8.84. The molecular formula is C46H78NO7+. The first-order valence-corrected chi connectivity index (χ1v) is 21.0. The molecule has 0 saturated carbocycles. The Kier molecular flexibility index (Phi) is 34.5. The van der Waals surface area contributed by atoms with Gasteiger partial charge in [0.05, 0.1) is 34.4 Å². The average molecular weight is 757 g/mol. The Hall–Kier alpha value is -3.23. The smallest absolute Gasteiger partial charge is 0.362 e. The molecule has 0 aliphatic heterocycles. The van der Waals surface area contributed by atoms with Gasteiger partial charge in [-0.2, -0.15) is 0 Å². The van der Waals surface area contributed by atoms with Crippen LogP contribution in [0.4, 0.5) is 0 Å². The molecule has 0 aromatic rings. The lowest BCUT2D eigenvalue weighted by atomic mass is 10.1. The third kappa shape index (κ3) is 34.5. The normalized spacial score (nSPS) is 13.7. The highest BCUT2D eigenvalue weighted by molar-refractivity contribution is 5.72. The largest absolute Gasteiger partial charge is 0.477 e. The van der Waals surface area contributed by atoms with E-state index in [0.717, 1.165) is 89.9 Å². The number of hydrogen-bond donors (Lipinski definition) is 1. The van der Waals surface area contributed by atoms with Crippen molar-refractivity contribution in [2.45, 2.75) is 161 Å². The van der Waals surface area contributed by atoms with Crippen molar-refractivity contribution in [2.75, 3.05) is 41.0 Å². The van der Waals surface area contributed by atoms with Crippen LogP contribution >= 0.6 is 0 Å². The number of unbranched alkanes of at least 4 members (excludes halogenated alkanes) is 10. The summed E-state index contributed by atoms with van der Waals surface area (Å²) in [6.07, 6.45) is 45.2. The summed E-state index contributed by atoms with van der Waals surface area (Å²) in [7, 11) is 5.50. The van der Waals surface area contributed by atoms with E-state index in [2.05, 4.69) is 86.8 Å². The molecule has 0 heterocycles. The molecule has 0 radical (unpaired) electrons. The minimum absolute atomic E-state index is 0.0411. The van der Waals surface area contributed by atoms with Crippen molar-refractivity contribution >= 4 is 17.9 Å². The molecular weight excluding hydrogens is 679 g/mol. The number of carboxylic acid groups (broad SMARTS) is 1. The maximum absolute atomic E-state index is 12.7. The molecule has 54 heavy (non-hydrogen) atoms. The second-order valence-corrected chi connectivity index (χ2v) is 14.9. The number of carbonyl (C=O) groups excluding carboxylic acids is 2. The first kappa shape index (κ1) is 50.8. The molecule has 2 unspecified atom stereocenters. The molecule has 8 heteroatoms. The second kappa shape index (κ2) is 36.7. The lowest BCUT2D eigenvalue weighted by molar-refractivity contribution is -0.887. The van der Waals surface area contributed by atoms with Crippen molar-refractivity contribution in [2.24, 2.45) is 0 Å². The molecule has 2 atom stereocenters. The van der Waals surface area contributed by atoms with Crippen molar-refractivity contribution in [3.63, 3.8) is 0 Å². The van der Waals surface area contributed by atoms with Gasteiger partial charge in [0.15, 0.2) is 12.1 Å². The van der Waals surface area contributed by atoms with Gasteiger partial charge in [-0.05, 0) is 77.0 Å². The van der Waals surface area contributed by atoms with Crippen molar-refractivity contribution in [3.8, 4) is 0 Å². The van der Waals surface area contributed by atoms with Crippen molar-refractivity contribution in [1.82, 2.24) is 0 Å². The fraction of sp³-hybridized carbons (Fsp3) is 0.674. The number of carboxylic acids is 1. The summed E-state index contributed by atoms with van der Waals surface area (Å²) in [5, 5.41) is 9.60. The number of carbonyl (C=O) groups is 3. The van der Waals surface area contributed by atoms with Gasteiger partial charge in [0.1, 0.15) is 6.61 Å². The minimum Gasteiger partial charge on any atom is -0.477 e. The molecule has 0 rings (SSSR count). The molecule has 0 aliphatic rings. The number of ether oxygens (including phenoxy) is 3. The number of aliphatic carboxylic acids is 1. The molecule has 0 aromatic carbocycles. The van der Waals surface area contributed by atoms with Crippen molar-refractivity contribution in [3.05, 3.63) is 72.9 Å². The summed E-state index contributed by atoms with van der Waals surface area (Å²) < 4.78 is 17.2. The van der Waals surface area contributed by atoms with E-state index in [1.54, 1.807) is 0 Å².